The number of hydrogen-bond acceptors (Lipinski definition) is 5. The minimum absolute atomic E-state index is 0. The summed E-state index contributed by atoms with van der Waals surface area (Å²) in [7, 11) is 0. The van der Waals surface area contributed by atoms with Crippen LogP contribution in [-0.4, -0.2) is 46.3 Å². The van der Waals surface area contributed by atoms with Crippen molar-refractivity contribution >= 4 is 24.2 Å². The molecule has 9 heteroatoms. The van der Waals surface area contributed by atoms with Crippen LogP contribution in [0.4, 0.5) is 0 Å². The number of carbonyl (C=O) groups excluding carboxylic acids is 2. The summed E-state index contributed by atoms with van der Waals surface area (Å²) in [5.74, 6) is -1.02. The van der Waals surface area contributed by atoms with Gasteiger partial charge in [-0.2, -0.15) is 0 Å². The van der Waals surface area contributed by atoms with Crippen LogP contribution in [0, 0.1) is 10.1 Å². The molecule has 174 valence electrons. The third-order valence-corrected chi connectivity index (χ3v) is 5.26. The van der Waals surface area contributed by atoms with Crippen molar-refractivity contribution < 1.29 is 14.5 Å². The molecule has 2 aromatic carbocycles. The van der Waals surface area contributed by atoms with E-state index in [1.807, 2.05) is 60.7 Å². The summed E-state index contributed by atoms with van der Waals surface area (Å²) in [4.78, 5) is 37.5. The third kappa shape index (κ3) is 8.28. The number of halogens is 1. The molecular formula is C23H31ClN4O4. The molecule has 2 aromatic rings. The van der Waals surface area contributed by atoms with E-state index in [9.17, 15) is 19.7 Å². The van der Waals surface area contributed by atoms with Gasteiger partial charge in [-0.15, -0.1) is 12.4 Å². The zero-order valence-corrected chi connectivity index (χ0v) is 18.9. The Morgan fingerprint density at radius 3 is 1.97 bits per heavy atom. The molecule has 0 bridgehead atoms. The Hall–Kier alpha value is -2.97. The van der Waals surface area contributed by atoms with Gasteiger partial charge in [0.2, 0.25) is 17.9 Å². The fraction of sp³-hybridized carbons (Fsp3) is 0.391. The summed E-state index contributed by atoms with van der Waals surface area (Å²) >= 11 is 0. The summed E-state index contributed by atoms with van der Waals surface area (Å²) in [5, 5.41) is 10.9. The minimum Gasteiger partial charge on any atom is -0.368 e. The monoisotopic (exact) mass is 462 g/mol. The molecule has 0 aliphatic rings. The summed E-state index contributed by atoms with van der Waals surface area (Å²) in [6, 6.07) is 16.2. The van der Waals surface area contributed by atoms with E-state index in [1.165, 1.54) is 11.8 Å². The first-order chi connectivity index (χ1) is 14.8. The van der Waals surface area contributed by atoms with E-state index < -0.39 is 29.9 Å². The average molecular weight is 463 g/mol. The van der Waals surface area contributed by atoms with E-state index in [1.54, 1.807) is 0 Å². The summed E-state index contributed by atoms with van der Waals surface area (Å²) < 4.78 is 0. The second-order valence-electron chi connectivity index (χ2n) is 7.71. The fourth-order valence-corrected chi connectivity index (χ4v) is 3.45. The Morgan fingerprint density at radius 1 is 1.00 bits per heavy atom. The maximum Gasteiger partial charge on any atom is 0.240 e. The first kappa shape index (κ1) is 27.1. The highest BCUT2D eigenvalue weighted by atomic mass is 35.5. The van der Waals surface area contributed by atoms with Gasteiger partial charge in [0.25, 0.3) is 0 Å². The summed E-state index contributed by atoms with van der Waals surface area (Å²) in [6.07, 6.45) is 1.22. The van der Waals surface area contributed by atoms with Crippen LogP contribution in [0.3, 0.4) is 0 Å². The number of benzene rings is 2. The van der Waals surface area contributed by atoms with Gasteiger partial charge >= 0.3 is 0 Å². The topological polar surface area (TPSA) is 133 Å². The highest BCUT2D eigenvalue weighted by molar-refractivity contribution is 5.89. The van der Waals surface area contributed by atoms with Crippen LogP contribution in [-0.2, 0) is 22.4 Å². The lowest BCUT2D eigenvalue weighted by Crippen LogP contribution is -2.55. The van der Waals surface area contributed by atoms with E-state index in [0.29, 0.717) is 12.8 Å². The number of primary amides is 1. The van der Waals surface area contributed by atoms with E-state index in [4.69, 9.17) is 11.5 Å². The molecule has 0 spiro atoms. The van der Waals surface area contributed by atoms with E-state index in [2.05, 4.69) is 0 Å². The van der Waals surface area contributed by atoms with Crippen LogP contribution >= 0.6 is 12.4 Å². The molecule has 0 fully saturated rings. The van der Waals surface area contributed by atoms with Crippen molar-refractivity contribution in [2.24, 2.45) is 11.5 Å². The molecule has 0 aliphatic heterocycles. The standard InChI is InChI=1S/C23H30N4O4.ClH/c1-17(27(30)31)9-8-14-26(21(22(25)28)16-19-12-6-3-7-13-19)23(29)20(24)15-18-10-4-2-5-11-18;/h2-7,10-13,17,20-21H,8-9,14-16,24H2,1H3,(H2,25,28);1H/t17?,20?,21-;/m0./s1. The number of amides is 2. The van der Waals surface area contributed by atoms with Gasteiger partial charge in [0.05, 0.1) is 6.04 Å². The van der Waals surface area contributed by atoms with Crippen molar-refractivity contribution in [3.63, 3.8) is 0 Å². The number of nitro groups is 1. The number of nitrogens with two attached hydrogens (primary N) is 2. The van der Waals surface area contributed by atoms with Gasteiger partial charge in [-0.05, 0) is 24.0 Å². The molecule has 0 saturated heterocycles. The van der Waals surface area contributed by atoms with E-state index in [0.717, 1.165) is 11.1 Å². The largest absolute Gasteiger partial charge is 0.368 e. The Kier molecular flexibility index (Phi) is 11.4. The third-order valence-electron chi connectivity index (χ3n) is 5.26. The van der Waals surface area contributed by atoms with E-state index >= 15 is 0 Å². The zero-order valence-electron chi connectivity index (χ0n) is 18.1. The average Bonchev–Trinajstić information content (AvgIpc) is 2.76. The van der Waals surface area contributed by atoms with Crippen LogP contribution in [0.1, 0.15) is 30.9 Å². The fourth-order valence-electron chi connectivity index (χ4n) is 3.45. The molecule has 2 rings (SSSR count). The number of carbonyl (C=O) groups is 2. The number of nitrogens with zero attached hydrogens (tertiary/aromatic N) is 2. The molecule has 32 heavy (non-hydrogen) atoms. The SMILES string of the molecule is CC(CCCN(C(=O)C(N)Cc1ccccc1)[C@@H](Cc1ccccc1)C(N)=O)[N+](=O)[O-].Cl. The van der Waals surface area contributed by atoms with Crippen molar-refractivity contribution in [3.8, 4) is 0 Å². The first-order valence-corrected chi connectivity index (χ1v) is 10.4. The van der Waals surface area contributed by atoms with Gasteiger partial charge in [0.15, 0.2) is 0 Å². The Morgan fingerprint density at radius 2 is 1.50 bits per heavy atom. The van der Waals surface area contributed by atoms with Crippen molar-refractivity contribution in [2.45, 2.75) is 50.7 Å². The molecule has 8 nitrogen and oxygen atoms in total. The van der Waals surface area contributed by atoms with Gasteiger partial charge in [-0.3, -0.25) is 19.7 Å². The first-order valence-electron chi connectivity index (χ1n) is 10.4. The van der Waals surface area contributed by atoms with Crippen molar-refractivity contribution in [3.05, 3.63) is 81.9 Å². The van der Waals surface area contributed by atoms with E-state index in [-0.39, 0.29) is 36.7 Å². The van der Waals surface area contributed by atoms with Crippen molar-refractivity contribution in [1.29, 1.82) is 0 Å². The van der Waals surface area contributed by atoms with Gasteiger partial charge in [-0.1, -0.05) is 60.7 Å². The Balaban J connectivity index is 0.00000512. The highest BCUT2D eigenvalue weighted by Crippen LogP contribution is 2.14. The summed E-state index contributed by atoms with van der Waals surface area (Å²) in [6.45, 7) is 1.68. The van der Waals surface area contributed by atoms with Gasteiger partial charge in [0.1, 0.15) is 6.04 Å². The van der Waals surface area contributed by atoms with Crippen LogP contribution in [0.25, 0.3) is 0 Å². The Bertz CT molecular complexity index is 867. The lowest BCUT2D eigenvalue weighted by Gasteiger charge is -2.32. The molecule has 4 N–H and O–H groups in total. The Labute approximate surface area is 194 Å². The lowest BCUT2D eigenvalue weighted by molar-refractivity contribution is -0.519. The predicted molar refractivity (Wildman–Crippen MR) is 126 cm³/mol. The van der Waals surface area contributed by atoms with Crippen LogP contribution < -0.4 is 11.5 Å². The molecule has 0 heterocycles. The second kappa shape index (κ2) is 13.4. The normalized spacial score (nSPS) is 13.3. The van der Waals surface area contributed by atoms with Gasteiger partial charge in [0, 0.05) is 31.2 Å². The summed E-state index contributed by atoms with van der Waals surface area (Å²) in [5.41, 5.74) is 13.7. The van der Waals surface area contributed by atoms with Gasteiger partial charge < -0.3 is 16.4 Å². The molecule has 0 radical (unpaired) electrons. The maximum atomic E-state index is 13.3. The predicted octanol–water partition coefficient (Wildman–Crippen LogP) is 2.35. The quantitative estimate of drug-likeness (QED) is 0.369. The lowest BCUT2D eigenvalue weighted by atomic mass is 10.0. The maximum absolute atomic E-state index is 13.3. The molecule has 0 aromatic heterocycles. The van der Waals surface area contributed by atoms with Gasteiger partial charge in [-0.25, -0.2) is 0 Å². The smallest absolute Gasteiger partial charge is 0.240 e. The van der Waals surface area contributed by atoms with Crippen LogP contribution in [0.2, 0.25) is 0 Å². The van der Waals surface area contributed by atoms with Crippen LogP contribution in [0.5, 0.6) is 0 Å². The molecular weight excluding hydrogens is 432 g/mol. The van der Waals surface area contributed by atoms with Crippen molar-refractivity contribution in [1.82, 2.24) is 4.90 Å². The minimum atomic E-state index is -0.886. The molecule has 2 unspecified atom stereocenters. The van der Waals surface area contributed by atoms with Crippen molar-refractivity contribution in [2.75, 3.05) is 6.54 Å². The highest BCUT2D eigenvalue weighted by Gasteiger charge is 2.31. The molecule has 0 aliphatic carbocycles. The molecule has 3 atom stereocenters. The second-order valence-corrected chi connectivity index (χ2v) is 7.71. The zero-order chi connectivity index (χ0) is 22.8. The number of hydrogen-bond donors (Lipinski definition) is 2. The molecule has 2 amide bonds. The molecule has 0 saturated carbocycles. The number of rotatable bonds is 12. The van der Waals surface area contributed by atoms with Crippen LogP contribution in [0.15, 0.2) is 60.7 Å².